The summed E-state index contributed by atoms with van der Waals surface area (Å²) in [5, 5.41) is 4.64. The van der Waals surface area contributed by atoms with Crippen molar-refractivity contribution in [3.63, 3.8) is 0 Å². The van der Waals surface area contributed by atoms with E-state index in [1.807, 2.05) is 48.5 Å². The number of hydrogen-bond donors (Lipinski definition) is 1. The molecule has 0 unspecified atom stereocenters. The Labute approximate surface area is 154 Å². The molecule has 0 spiro atoms. The first-order valence-electron chi connectivity index (χ1n) is 7.70. The van der Waals surface area contributed by atoms with Crippen LogP contribution in [-0.2, 0) is 11.3 Å². The van der Waals surface area contributed by atoms with Gasteiger partial charge in [0.25, 0.3) is 0 Å². The third kappa shape index (κ3) is 4.97. The van der Waals surface area contributed by atoms with E-state index in [-0.39, 0.29) is 5.91 Å². The molecule has 1 amide bonds. The number of benzene rings is 2. The van der Waals surface area contributed by atoms with Gasteiger partial charge in [-0.25, -0.2) is 4.98 Å². The molecule has 2 aromatic carbocycles. The fraction of sp³-hybridized carbons (Fsp3) is 0.222. The van der Waals surface area contributed by atoms with Crippen molar-refractivity contribution in [3.05, 3.63) is 58.6 Å². The number of carbonyl (C=O) groups is 1. The Kier molecular flexibility index (Phi) is 6.12. The van der Waals surface area contributed by atoms with Gasteiger partial charge in [0, 0.05) is 16.3 Å². The zero-order valence-electron chi connectivity index (χ0n) is 13.0. The van der Waals surface area contributed by atoms with Crippen LogP contribution in [0.15, 0.2) is 53.4 Å². The van der Waals surface area contributed by atoms with Crippen LogP contribution < -0.4 is 5.32 Å². The van der Waals surface area contributed by atoms with Gasteiger partial charge in [-0.05, 0) is 48.6 Å². The fourth-order valence-corrected chi connectivity index (χ4v) is 4.10. The molecule has 1 N–H and O–H groups in total. The average molecular weight is 377 g/mol. The van der Waals surface area contributed by atoms with Crippen LogP contribution in [0, 0.1) is 0 Å². The lowest BCUT2D eigenvalue weighted by molar-refractivity contribution is -0.121. The molecule has 0 aliphatic carbocycles. The van der Waals surface area contributed by atoms with Crippen LogP contribution in [0.4, 0.5) is 0 Å². The molecular formula is C18H17ClN2OS2. The number of aromatic nitrogens is 1. The number of amides is 1. The third-order valence-corrected chi connectivity index (χ3v) is 5.79. The van der Waals surface area contributed by atoms with Crippen LogP contribution in [0.2, 0.25) is 5.02 Å². The summed E-state index contributed by atoms with van der Waals surface area (Å²) in [5.41, 5.74) is 0.992. The Hall–Kier alpha value is -1.56. The average Bonchev–Trinajstić information content (AvgIpc) is 3.01. The first kappa shape index (κ1) is 17.3. The second-order valence-corrected chi connectivity index (χ2v) is 7.98. The number of nitrogens with one attached hydrogen (secondary N) is 1. The molecular weight excluding hydrogens is 360 g/mol. The van der Waals surface area contributed by atoms with E-state index in [0.717, 1.165) is 32.4 Å². The molecule has 0 radical (unpaired) electrons. The van der Waals surface area contributed by atoms with E-state index >= 15 is 0 Å². The van der Waals surface area contributed by atoms with Gasteiger partial charge in [0.15, 0.2) is 0 Å². The molecule has 0 bridgehead atoms. The number of hydrogen-bond acceptors (Lipinski definition) is 4. The molecule has 0 aliphatic heterocycles. The van der Waals surface area contributed by atoms with Crippen LogP contribution in [-0.4, -0.2) is 16.6 Å². The van der Waals surface area contributed by atoms with E-state index in [4.69, 9.17) is 11.6 Å². The summed E-state index contributed by atoms with van der Waals surface area (Å²) >= 11 is 9.22. The minimum atomic E-state index is 0.0750. The first-order valence-corrected chi connectivity index (χ1v) is 9.88. The molecule has 0 atom stereocenters. The minimum Gasteiger partial charge on any atom is -0.350 e. The van der Waals surface area contributed by atoms with Crippen LogP contribution >= 0.6 is 34.7 Å². The summed E-state index contributed by atoms with van der Waals surface area (Å²) in [7, 11) is 0. The molecule has 0 aliphatic rings. The smallest absolute Gasteiger partial charge is 0.220 e. The summed E-state index contributed by atoms with van der Waals surface area (Å²) < 4.78 is 1.15. The number of fused-ring (bicyclic) bond motifs is 1. The monoisotopic (exact) mass is 376 g/mol. The summed E-state index contributed by atoms with van der Waals surface area (Å²) in [6.45, 7) is 0.502. The van der Waals surface area contributed by atoms with E-state index in [0.29, 0.717) is 13.0 Å². The maximum absolute atomic E-state index is 11.9. The molecule has 1 aromatic heterocycles. The zero-order chi connectivity index (χ0) is 16.8. The van der Waals surface area contributed by atoms with Crippen molar-refractivity contribution in [2.45, 2.75) is 24.3 Å². The Balaban J connectivity index is 1.37. The highest BCUT2D eigenvalue weighted by atomic mass is 35.5. The van der Waals surface area contributed by atoms with Crippen molar-refractivity contribution in [3.8, 4) is 0 Å². The number of para-hydroxylation sites is 1. The summed E-state index contributed by atoms with van der Waals surface area (Å²) in [4.78, 5) is 17.6. The van der Waals surface area contributed by atoms with Crippen molar-refractivity contribution in [1.82, 2.24) is 10.3 Å². The van der Waals surface area contributed by atoms with Crippen LogP contribution in [0.3, 0.4) is 0 Å². The highest BCUT2D eigenvalue weighted by Gasteiger charge is 2.06. The predicted molar refractivity (Wildman–Crippen MR) is 103 cm³/mol. The zero-order valence-corrected chi connectivity index (χ0v) is 15.4. The third-order valence-electron chi connectivity index (χ3n) is 3.41. The number of thiazole rings is 1. The van der Waals surface area contributed by atoms with Gasteiger partial charge in [-0.3, -0.25) is 4.79 Å². The highest BCUT2D eigenvalue weighted by Crippen LogP contribution is 2.22. The second kappa shape index (κ2) is 8.51. The van der Waals surface area contributed by atoms with E-state index in [1.165, 1.54) is 4.90 Å². The highest BCUT2D eigenvalue weighted by molar-refractivity contribution is 7.99. The van der Waals surface area contributed by atoms with Gasteiger partial charge >= 0.3 is 0 Å². The lowest BCUT2D eigenvalue weighted by Crippen LogP contribution is -2.22. The Morgan fingerprint density at radius 1 is 1.17 bits per heavy atom. The Bertz CT molecular complexity index is 784. The predicted octanol–water partition coefficient (Wildman–Crippen LogP) is 5.14. The number of carbonyl (C=O) groups excluding carboxylic acids is 1. The summed E-state index contributed by atoms with van der Waals surface area (Å²) in [5.74, 6) is 0.988. The van der Waals surface area contributed by atoms with Crippen molar-refractivity contribution in [2.75, 3.05) is 5.75 Å². The van der Waals surface area contributed by atoms with Gasteiger partial charge in [0.2, 0.25) is 5.91 Å². The topological polar surface area (TPSA) is 42.0 Å². The molecule has 3 nitrogen and oxygen atoms in total. The number of nitrogens with zero attached hydrogens (tertiary/aromatic N) is 1. The van der Waals surface area contributed by atoms with E-state index < -0.39 is 0 Å². The van der Waals surface area contributed by atoms with E-state index in [2.05, 4.69) is 10.3 Å². The standard InChI is InChI=1S/C18H17ClN2OS2/c19-13-7-9-14(10-8-13)23-11-3-6-17(22)20-12-18-21-15-4-1-2-5-16(15)24-18/h1-2,4-5,7-10H,3,6,11-12H2,(H,20,22). The molecule has 0 saturated heterocycles. The number of halogens is 1. The molecule has 3 aromatic rings. The van der Waals surface area contributed by atoms with E-state index in [1.54, 1.807) is 23.1 Å². The lowest BCUT2D eigenvalue weighted by atomic mass is 10.3. The summed E-state index contributed by atoms with van der Waals surface area (Å²) in [6, 6.07) is 15.8. The summed E-state index contributed by atoms with van der Waals surface area (Å²) in [6.07, 6.45) is 1.38. The van der Waals surface area contributed by atoms with Crippen LogP contribution in [0.1, 0.15) is 17.8 Å². The van der Waals surface area contributed by atoms with Crippen molar-refractivity contribution in [1.29, 1.82) is 0 Å². The van der Waals surface area contributed by atoms with Gasteiger partial charge in [0.1, 0.15) is 5.01 Å². The molecule has 0 saturated carbocycles. The molecule has 124 valence electrons. The van der Waals surface area contributed by atoms with Crippen molar-refractivity contribution >= 4 is 50.8 Å². The molecule has 1 heterocycles. The van der Waals surface area contributed by atoms with Crippen LogP contribution in [0.25, 0.3) is 10.2 Å². The molecule has 6 heteroatoms. The quantitative estimate of drug-likeness (QED) is 0.458. The lowest BCUT2D eigenvalue weighted by Gasteiger charge is -2.04. The Morgan fingerprint density at radius 2 is 1.96 bits per heavy atom. The Morgan fingerprint density at radius 3 is 2.75 bits per heavy atom. The fourth-order valence-electron chi connectivity index (χ4n) is 2.21. The van der Waals surface area contributed by atoms with Crippen molar-refractivity contribution in [2.24, 2.45) is 0 Å². The van der Waals surface area contributed by atoms with Gasteiger partial charge in [-0.1, -0.05) is 23.7 Å². The maximum atomic E-state index is 11.9. The normalized spacial score (nSPS) is 10.9. The van der Waals surface area contributed by atoms with E-state index in [9.17, 15) is 4.79 Å². The number of thioether (sulfide) groups is 1. The SMILES string of the molecule is O=C(CCCSc1ccc(Cl)cc1)NCc1nc2ccccc2s1. The molecule has 0 fully saturated rings. The molecule has 24 heavy (non-hydrogen) atoms. The van der Waals surface area contributed by atoms with Crippen LogP contribution in [0.5, 0.6) is 0 Å². The van der Waals surface area contributed by atoms with Gasteiger partial charge in [-0.2, -0.15) is 0 Å². The van der Waals surface area contributed by atoms with Gasteiger partial charge < -0.3 is 5.32 Å². The second-order valence-electron chi connectivity index (χ2n) is 5.26. The van der Waals surface area contributed by atoms with Gasteiger partial charge in [-0.15, -0.1) is 23.1 Å². The number of rotatable bonds is 7. The largest absolute Gasteiger partial charge is 0.350 e. The van der Waals surface area contributed by atoms with Crippen molar-refractivity contribution < 1.29 is 4.79 Å². The first-order chi connectivity index (χ1) is 11.7. The molecule has 3 rings (SSSR count). The minimum absolute atomic E-state index is 0.0750. The van der Waals surface area contributed by atoms with Gasteiger partial charge in [0.05, 0.1) is 16.8 Å². The maximum Gasteiger partial charge on any atom is 0.220 e.